The Morgan fingerprint density at radius 3 is 2.19 bits per heavy atom. The first-order chi connectivity index (χ1) is 12.6. The molecule has 1 heterocycles. The number of amides is 1. The van der Waals surface area contributed by atoms with Crippen LogP contribution in [0.2, 0.25) is 10.0 Å². The molecule has 0 N–H and O–H groups in total. The highest BCUT2D eigenvalue weighted by atomic mass is 35.5. The quantitative estimate of drug-likeness (QED) is 0.522. The highest BCUT2D eigenvalue weighted by molar-refractivity contribution is 7.99. The lowest BCUT2D eigenvalue weighted by molar-refractivity contribution is -0.119. The average Bonchev–Trinajstić information content (AvgIpc) is 2.66. The minimum atomic E-state index is -0.179. The molecule has 3 nitrogen and oxygen atoms in total. The Hall–Kier alpha value is -2.14. The first-order valence-corrected chi connectivity index (χ1v) is 9.47. The molecule has 0 atom stereocenters. The van der Waals surface area contributed by atoms with Crippen LogP contribution in [0.3, 0.4) is 0 Å². The predicted molar refractivity (Wildman–Crippen MR) is 106 cm³/mol. The minimum absolute atomic E-state index is 0.145. The number of hydrogen-bond acceptors (Lipinski definition) is 3. The lowest BCUT2D eigenvalue weighted by atomic mass is 10.2. The number of para-hydroxylation sites is 2. The molecule has 0 fully saturated rings. The van der Waals surface area contributed by atoms with E-state index < -0.39 is 0 Å². The maximum atomic E-state index is 13.0. The molecule has 0 unspecified atom stereocenters. The van der Waals surface area contributed by atoms with Crippen LogP contribution >= 0.6 is 35.0 Å². The third-order valence-corrected chi connectivity index (χ3v) is 5.60. The number of nitrogens with zero attached hydrogens (tertiary/aromatic N) is 1. The molecule has 0 spiro atoms. The number of carbonyl (C=O) groups excluding carboxylic acids is 1. The van der Waals surface area contributed by atoms with Crippen LogP contribution in [0.1, 0.15) is 0 Å². The molecule has 0 saturated carbocycles. The molecule has 0 saturated heterocycles. The number of anilines is 2. The third-order valence-electron chi connectivity index (χ3n) is 3.93. The summed E-state index contributed by atoms with van der Waals surface area (Å²) in [6.07, 6.45) is 0. The molecule has 1 amide bonds. The molecule has 1 aliphatic heterocycles. The number of ether oxygens (including phenoxy) is 1. The second kappa shape index (κ2) is 7.23. The van der Waals surface area contributed by atoms with Crippen molar-refractivity contribution >= 4 is 52.2 Å². The van der Waals surface area contributed by atoms with E-state index in [9.17, 15) is 4.79 Å². The van der Waals surface area contributed by atoms with E-state index in [1.807, 2.05) is 48.5 Å². The summed E-state index contributed by atoms with van der Waals surface area (Å²) in [6.45, 7) is -0.145. The summed E-state index contributed by atoms with van der Waals surface area (Å²) in [5.41, 5.74) is 1.70. The van der Waals surface area contributed by atoms with Crippen molar-refractivity contribution in [1.82, 2.24) is 0 Å². The Morgan fingerprint density at radius 2 is 1.54 bits per heavy atom. The van der Waals surface area contributed by atoms with E-state index in [2.05, 4.69) is 0 Å². The van der Waals surface area contributed by atoms with Crippen molar-refractivity contribution in [3.8, 4) is 5.75 Å². The van der Waals surface area contributed by atoms with Gasteiger partial charge in [0.25, 0.3) is 5.91 Å². The second-order valence-electron chi connectivity index (χ2n) is 5.63. The number of fused-ring (bicyclic) bond motifs is 2. The zero-order chi connectivity index (χ0) is 18.1. The van der Waals surface area contributed by atoms with Gasteiger partial charge in [0.15, 0.2) is 6.61 Å². The van der Waals surface area contributed by atoms with Gasteiger partial charge < -0.3 is 4.74 Å². The lowest BCUT2D eigenvalue weighted by Gasteiger charge is -2.31. The highest BCUT2D eigenvalue weighted by Crippen LogP contribution is 2.47. The predicted octanol–water partition coefficient (Wildman–Crippen LogP) is 6.20. The summed E-state index contributed by atoms with van der Waals surface area (Å²) >= 11 is 13.7. The Kier molecular flexibility index (Phi) is 4.81. The molecule has 0 radical (unpaired) electrons. The van der Waals surface area contributed by atoms with Gasteiger partial charge in [-0.25, -0.2) is 0 Å². The van der Waals surface area contributed by atoms with Crippen LogP contribution in [-0.4, -0.2) is 12.5 Å². The molecule has 4 rings (SSSR count). The Morgan fingerprint density at radius 1 is 0.923 bits per heavy atom. The van der Waals surface area contributed by atoms with E-state index in [4.69, 9.17) is 27.9 Å². The van der Waals surface area contributed by atoms with Gasteiger partial charge in [0.1, 0.15) is 5.75 Å². The van der Waals surface area contributed by atoms with Crippen LogP contribution in [0.5, 0.6) is 5.75 Å². The normalized spacial score (nSPS) is 12.3. The molecule has 1 aliphatic rings. The van der Waals surface area contributed by atoms with E-state index in [0.29, 0.717) is 15.8 Å². The minimum Gasteiger partial charge on any atom is -0.482 e. The number of carbonyl (C=O) groups is 1. The van der Waals surface area contributed by atoms with Crippen molar-refractivity contribution in [3.05, 3.63) is 76.8 Å². The number of halogens is 2. The maximum absolute atomic E-state index is 13.0. The number of rotatable bonds is 3. The standard InChI is InChI=1S/C20H13Cl2NO2S/c21-13-9-10-14(22)17(11-13)25-12-20(24)23-15-5-1-3-7-18(15)26-19-8-4-2-6-16(19)23/h1-11H,12H2. The molecular weight excluding hydrogens is 389 g/mol. The molecule has 0 bridgehead atoms. The fraction of sp³-hybridized carbons (Fsp3) is 0.0500. The largest absolute Gasteiger partial charge is 0.482 e. The topological polar surface area (TPSA) is 29.5 Å². The Bertz CT molecular complexity index is 948. The fourth-order valence-electron chi connectivity index (χ4n) is 2.77. The van der Waals surface area contributed by atoms with Crippen LogP contribution in [-0.2, 0) is 4.79 Å². The molecule has 0 aromatic heterocycles. The first-order valence-electron chi connectivity index (χ1n) is 7.90. The number of benzene rings is 3. The zero-order valence-electron chi connectivity index (χ0n) is 13.5. The molecule has 0 aliphatic carbocycles. The SMILES string of the molecule is O=C(COc1cc(Cl)ccc1Cl)N1c2ccccc2Sc2ccccc21. The summed E-state index contributed by atoms with van der Waals surface area (Å²) in [4.78, 5) is 16.8. The van der Waals surface area contributed by atoms with Crippen LogP contribution in [0.4, 0.5) is 11.4 Å². The van der Waals surface area contributed by atoms with Crippen molar-refractivity contribution in [1.29, 1.82) is 0 Å². The summed E-state index contributed by atoms with van der Waals surface area (Å²) in [5, 5.41) is 0.916. The average molecular weight is 402 g/mol. The lowest BCUT2D eigenvalue weighted by Crippen LogP contribution is -2.32. The summed E-state index contributed by atoms with van der Waals surface area (Å²) < 4.78 is 5.65. The summed E-state index contributed by atoms with van der Waals surface area (Å²) in [5.74, 6) is 0.210. The van der Waals surface area contributed by atoms with Gasteiger partial charge >= 0.3 is 0 Å². The van der Waals surface area contributed by atoms with Gasteiger partial charge in [-0.15, -0.1) is 0 Å². The smallest absolute Gasteiger partial charge is 0.269 e. The van der Waals surface area contributed by atoms with Gasteiger partial charge in [0, 0.05) is 20.9 Å². The van der Waals surface area contributed by atoms with Crippen molar-refractivity contribution in [2.45, 2.75) is 9.79 Å². The van der Waals surface area contributed by atoms with E-state index >= 15 is 0 Å². The van der Waals surface area contributed by atoms with E-state index in [-0.39, 0.29) is 12.5 Å². The van der Waals surface area contributed by atoms with Crippen LogP contribution < -0.4 is 9.64 Å². The summed E-state index contributed by atoms with van der Waals surface area (Å²) in [7, 11) is 0. The third kappa shape index (κ3) is 3.28. The highest BCUT2D eigenvalue weighted by Gasteiger charge is 2.28. The van der Waals surface area contributed by atoms with Gasteiger partial charge in [-0.05, 0) is 36.4 Å². The molecule has 130 valence electrons. The van der Waals surface area contributed by atoms with Crippen molar-refractivity contribution in [2.75, 3.05) is 11.5 Å². The Balaban J connectivity index is 1.64. The monoisotopic (exact) mass is 401 g/mol. The van der Waals surface area contributed by atoms with Crippen LogP contribution in [0.25, 0.3) is 0 Å². The van der Waals surface area contributed by atoms with Gasteiger partial charge in [-0.1, -0.05) is 59.2 Å². The zero-order valence-corrected chi connectivity index (χ0v) is 15.8. The van der Waals surface area contributed by atoms with Gasteiger partial charge in [-0.3, -0.25) is 9.69 Å². The molecule has 26 heavy (non-hydrogen) atoms. The van der Waals surface area contributed by atoms with Gasteiger partial charge in [0.2, 0.25) is 0 Å². The number of hydrogen-bond donors (Lipinski definition) is 0. The van der Waals surface area contributed by atoms with Crippen molar-refractivity contribution < 1.29 is 9.53 Å². The molecule has 6 heteroatoms. The molecule has 3 aromatic rings. The summed E-state index contributed by atoms with van der Waals surface area (Å²) in [6, 6.07) is 20.6. The Labute approximate surface area is 165 Å². The second-order valence-corrected chi connectivity index (χ2v) is 7.56. The first kappa shape index (κ1) is 17.3. The van der Waals surface area contributed by atoms with Crippen LogP contribution in [0, 0.1) is 0 Å². The van der Waals surface area contributed by atoms with Gasteiger partial charge in [0.05, 0.1) is 16.4 Å². The van der Waals surface area contributed by atoms with Gasteiger partial charge in [-0.2, -0.15) is 0 Å². The fourth-order valence-corrected chi connectivity index (χ4v) is 4.16. The van der Waals surface area contributed by atoms with Crippen molar-refractivity contribution in [3.63, 3.8) is 0 Å². The maximum Gasteiger partial charge on any atom is 0.269 e. The van der Waals surface area contributed by atoms with E-state index in [1.165, 1.54) is 0 Å². The van der Waals surface area contributed by atoms with Crippen molar-refractivity contribution in [2.24, 2.45) is 0 Å². The van der Waals surface area contributed by atoms with Crippen LogP contribution in [0.15, 0.2) is 76.5 Å². The van der Waals surface area contributed by atoms with E-state index in [1.54, 1.807) is 34.9 Å². The van der Waals surface area contributed by atoms with E-state index in [0.717, 1.165) is 21.2 Å². The molecule has 3 aromatic carbocycles. The molecular formula is C20H13Cl2NO2S.